The smallest absolute Gasteiger partial charge is 0.335 e. The summed E-state index contributed by atoms with van der Waals surface area (Å²) in [7, 11) is -3.68. The molecule has 2 N–H and O–H groups in total. The summed E-state index contributed by atoms with van der Waals surface area (Å²) in [6.45, 7) is 3.96. The topological polar surface area (TPSA) is 83.5 Å². The number of benzene rings is 1. The Hall–Kier alpha value is -1.40. The zero-order valence-corrected chi connectivity index (χ0v) is 13.1. The van der Waals surface area contributed by atoms with Crippen molar-refractivity contribution in [3.05, 3.63) is 29.3 Å². The van der Waals surface area contributed by atoms with Crippen LogP contribution in [0.5, 0.6) is 0 Å². The van der Waals surface area contributed by atoms with Crippen LogP contribution in [0.2, 0.25) is 0 Å². The molecule has 0 bridgehead atoms. The molecule has 21 heavy (non-hydrogen) atoms. The minimum atomic E-state index is -3.68. The van der Waals surface area contributed by atoms with Crippen LogP contribution < -0.4 is 4.72 Å². The summed E-state index contributed by atoms with van der Waals surface area (Å²) in [4.78, 5) is 11.1. The van der Waals surface area contributed by atoms with Crippen molar-refractivity contribution in [2.24, 2.45) is 5.92 Å². The highest BCUT2D eigenvalue weighted by Crippen LogP contribution is 2.27. The first kappa shape index (κ1) is 16.0. The van der Waals surface area contributed by atoms with Gasteiger partial charge in [0.15, 0.2) is 0 Å². The molecule has 0 spiro atoms. The monoisotopic (exact) mass is 311 g/mol. The summed E-state index contributed by atoms with van der Waals surface area (Å²) in [6, 6.07) is 4.22. The van der Waals surface area contributed by atoms with E-state index in [1.807, 2.05) is 6.92 Å². The number of aryl methyl sites for hydroxylation is 1. The fourth-order valence-corrected chi connectivity index (χ4v) is 4.45. The van der Waals surface area contributed by atoms with E-state index in [-0.39, 0.29) is 16.5 Å². The zero-order valence-electron chi connectivity index (χ0n) is 12.3. The van der Waals surface area contributed by atoms with E-state index in [1.54, 1.807) is 6.07 Å². The molecule has 1 aliphatic rings. The van der Waals surface area contributed by atoms with Gasteiger partial charge in [-0.1, -0.05) is 19.9 Å². The summed E-state index contributed by atoms with van der Waals surface area (Å²) in [5.74, 6) is -0.600. The van der Waals surface area contributed by atoms with Crippen molar-refractivity contribution in [1.29, 1.82) is 0 Å². The minimum Gasteiger partial charge on any atom is -0.478 e. The van der Waals surface area contributed by atoms with E-state index in [4.69, 9.17) is 5.11 Å². The number of nitrogens with one attached hydrogen (secondary N) is 1. The minimum absolute atomic E-state index is 0.00707. The van der Waals surface area contributed by atoms with Gasteiger partial charge in [-0.05, 0) is 49.3 Å². The fourth-order valence-electron chi connectivity index (χ4n) is 2.83. The van der Waals surface area contributed by atoms with E-state index in [1.165, 1.54) is 12.1 Å². The molecular formula is C15H21NO4S. The molecule has 1 aliphatic carbocycles. The Balaban J connectivity index is 2.33. The van der Waals surface area contributed by atoms with Crippen molar-refractivity contribution in [2.45, 2.75) is 50.5 Å². The van der Waals surface area contributed by atoms with Crippen LogP contribution in [-0.4, -0.2) is 25.5 Å². The standard InChI is InChI=1S/C15H21NO4S/c1-3-11-5-6-12(15(17)18)9-14(11)21(19,20)16-13-7-4-10(2)8-13/h5-6,9-10,13,16H,3-4,7-8H2,1-2H3,(H,17,18). The van der Waals surface area contributed by atoms with Crippen LogP contribution in [0.25, 0.3) is 0 Å². The summed E-state index contributed by atoms with van der Waals surface area (Å²) in [5.41, 5.74) is 0.630. The molecule has 0 radical (unpaired) electrons. The first-order valence-corrected chi connectivity index (χ1v) is 8.70. The number of hydrogen-bond donors (Lipinski definition) is 2. The van der Waals surface area contributed by atoms with Gasteiger partial charge in [0.2, 0.25) is 10.0 Å². The highest BCUT2D eigenvalue weighted by atomic mass is 32.2. The second-order valence-corrected chi connectivity index (χ2v) is 7.40. The maximum absolute atomic E-state index is 12.5. The Labute approximate surface area is 125 Å². The number of rotatable bonds is 5. The van der Waals surface area contributed by atoms with Crippen molar-refractivity contribution in [3.63, 3.8) is 0 Å². The first-order valence-electron chi connectivity index (χ1n) is 7.22. The molecule has 2 unspecified atom stereocenters. The lowest BCUT2D eigenvalue weighted by molar-refractivity contribution is 0.0696. The summed E-state index contributed by atoms with van der Waals surface area (Å²) in [5, 5.41) is 9.04. The quantitative estimate of drug-likeness (QED) is 0.874. The molecule has 116 valence electrons. The molecular weight excluding hydrogens is 290 g/mol. The SMILES string of the molecule is CCc1ccc(C(=O)O)cc1S(=O)(=O)NC1CCC(C)C1. The molecule has 1 fully saturated rings. The van der Waals surface area contributed by atoms with E-state index in [0.29, 0.717) is 17.9 Å². The molecule has 6 heteroatoms. The van der Waals surface area contributed by atoms with Crippen molar-refractivity contribution >= 4 is 16.0 Å². The second kappa shape index (κ2) is 6.15. The number of sulfonamides is 1. The normalized spacial score (nSPS) is 22.4. The van der Waals surface area contributed by atoms with E-state index >= 15 is 0 Å². The van der Waals surface area contributed by atoms with Crippen LogP contribution in [-0.2, 0) is 16.4 Å². The first-order chi connectivity index (χ1) is 9.83. The van der Waals surface area contributed by atoms with Gasteiger partial charge in [0.25, 0.3) is 0 Å². The van der Waals surface area contributed by atoms with Crippen molar-refractivity contribution in [1.82, 2.24) is 4.72 Å². The largest absolute Gasteiger partial charge is 0.478 e. The van der Waals surface area contributed by atoms with Gasteiger partial charge in [-0.25, -0.2) is 17.9 Å². The third-order valence-corrected chi connectivity index (χ3v) is 5.60. The molecule has 5 nitrogen and oxygen atoms in total. The van der Waals surface area contributed by atoms with Crippen LogP contribution >= 0.6 is 0 Å². The molecule has 1 aromatic carbocycles. The molecule has 0 aliphatic heterocycles. The lowest BCUT2D eigenvalue weighted by Gasteiger charge is -2.15. The molecule has 2 atom stereocenters. The molecule has 0 aromatic heterocycles. The highest BCUT2D eigenvalue weighted by molar-refractivity contribution is 7.89. The van der Waals surface area contributed by atoms with Gasteiger partial charge >= 0.3 is 5.97 Å². The van der Waals surface area contributed by atoms with Gasteiger partial charge in [-0.2, -0.15) is 0 Å². The van der Waals surface area contributed by atoms with Crippen LogP contribution in [0, 0.1) is 5.92 Å². The van der Waals surface area contributed by atoms with Gasteiger partial charge < -0.3 is 5.11 Å². The molecule has 0 saturated heterocycles. The lowest BCUT2D eigenvalue weighted by atomic mass is 10.1. The average Bonchev–Trinajstić information content (AvgIpc) is 2.82. The van der Waals surface area contributed by atoms with Crippen LogP contribution in [0.3, 0.4) is 0 Å². The van der Waals surface area contributed by atoms with Crippen molar-refractivity contribution < 1.29 is 18.3 Å². The van der Waals surface area contributed by atoms with Crippen LogP contribution in [0.1, 0.15) is 49.0 Å². The maximum Gasteiger partial charge on any atom is 0.335 e. The van der Waals surface area contributed by atoms with Gasteiger partial charge in [-0.3, -0.25) is 0 Å². The third kappa shape index (κ3) is 3.63. The molecule has 1 saturated carbocycles. The van der Waals surface area contributed by atoms with Gasteiger partial charge in [0, 0.05) is 6.04 Å². The highest BCUT2D eigenvalue weighted by Gasteiger charge is 2.28. The molecule has 0 heterocycles. The number of carbonyl (C=O) groups is 1. The average molecular weight is 311 g/mol. The van der Waals surface area contributed by atoms with Crippen LogP contribution in [0.4, 0.5) is 0 Å². The third-order valence-electron chi connectivity index (χ3n) is 4.00. The predicted octanol–water partition coefficient (Wildman–Crippen LogP) is 2.41. The Morgan fingerprint density at radius 1 is 1.38 bits per heavy atom. The van der Waals surface area contributed by atoms with Gasteiger partial charge in [0.1, 0.15) is 0 Å². The fraction of sp³-hybridized carbons (Fsp3) is 0.533. The number of carboxylic acid groups (broad SMARTS) is 1. The summed E-state index contributed by atoms with van der Waals surface area (Å²) in [6.07, 6.45) is 3.22. The Morgan fingerprint density at radius 2 is 2.10 bits per heavy atom. The van der Waals surface area contributed by atoms with Crippen molar-refractivity contribution in [3.8, 4) is 0 Å². The number of carboxylic acids is 1. The number of aromatic carboxylic acids is 1. The Kier molecular flexibility index (Phi) is 4.68. The summed E-state index contributed by atoms with van der Waals surface area (Å²) < 4.78 is 27.8. The van der Waals surface area contributed by atoms with Crippen LogP contribution in [0.15, 0.2) is 23.1 Å². The molecule has 2 rings (SSSR count). The van der Waals surface area contributed by atoms with Crippen molar-refractivity contribution in [2.75, 3.05) is 0 Å². The lowest BCUT2D eigenvalue weighted by Crippen LogP contribution is -2.33. The molecule has 1 aromatic rings. The van der Waals surface area contributed by atoms with E-state index < -0.39 is 16.0 Å². The summed E-state index contributed by atoms with van der Waals surface area (Å²) >= 11 is 0. The Morgan fingerprint density at radius 3 is 2.62 bits per heavy atom. The number of hydrogen-bond acceptors (Lipinski definition) is 3. The Bertz CT molecular complexity index is 639. The van der Waals surface area contributed by atoms with E-state index in [9.17, 15) is 13.2 Å². The predicted molar refractivity (Wildman–Crippen MR) is 79.9 cm³/mol. The van der Waals surface area contributed by atoms with E-state index in [2.05, 4.69) is 11.6 Å². The second-order valence-electron chi connectivity index (χ2n) is 5.72. The zero-order chi connectivity index (χ0) is 15.6. The van der Waals surface area contributed by atoms with E-state index in [0.717, 1.165) is 19.3 Å². The molecule has 0 amide bonds. The van der Waals surface area contributed by atoms with Gasteiger partial charge in [-0.15, -0.1) is 0 Å². The maximum atomic E-state index is 12.5. The van der Waals surface area contributed by atoms with Gasteiger partial charge in [0.05, 0.1) is 10.5 Å².